The number of hydrogen-bond donors (Lipinski definition) is 2. The van der Waals surface area contributed by atoms with Crippen LogP contribution in [-0.4, -0.2) is 31.7 Å². The zero-order valence-electron chi connectivity index (χ0n) is 16.0. The predicted molar refractivity (Wildman–Crippen MR) is 121 cm³/mol. The van der Waals surface area contributed by atoms with Gasteiger partial charge in [0.05, 0.1) is 25.6 Å². The fraction of sp³-hybridized carbons (Fsp3) is 0.200. The lowest BCUT2D eigenvalue weighted by Gasteiger charge is -2.12. The lowest BCUT2D eigenvalue weighted by Crippen LogP contribution is -2.23. The molecular weight excluding hydrogens is 490 g/mol. The average molecular weight is 512 g/mol. The summed E-state index contributed by atoms with van der Waals surface area (Å²) in [6, 6.07) is 11.3. The Labute approximate surface area is 185 Å². The van der Waals surface area contributed by atoms with E-state index in [0.29, 0.717) is 41.6 Å². The molecule has 29 heavy (non-hydrogen) atoms. The number of nitrogens with two attached hydrogens (primary N) is 1. The first kappa shape index (κ1) is 22.5. The van der Waals surface area contributed by atoms with Crippen molar-refractivity contribution in [1.29, 1.82) is 0 Å². The zero-order valence-corrected chi connectivity index (χ0v) is 18.3. The predicted octanol–water partition coefficient (Wildman–Crippen LogP) is 4.09. The summed E-state index contributed by atoms with van der Waals surface area (Å²) in [7, 11) is 3.16. The third-order valence-corrected chi connectivity index (χ3v) is 3.96. The molecule has 0 saturated carbocycles. The van der Waals surface area contributed by atoms with Crippen molar-refractivity contribution in [2.75, 3.05) is 26.1 Å². The molecule has 0 aliphatic heterocycles. The molecule has 3 rings (SSSR count). The first-order valence-corrected chi connectivity index (χ1v) is 8.58. The molecule has 0 saturated heterocycles. The zero-order chi connectivity index (χ0) is 19.9. The molecule has 0 aliphatic rings. The van der Waals surface area contributed by atoms with Gasteiger partial charge in [-0.15, -0.1) is 24.0 Å². The third kappa shape index (κ3) is 6.08. The highest BCUT2D eigenvalue weighted by molar-refractivity contribution is 14.0. The number of oxazole rings is 1. The fourth-order valence-electron chi connectivity index (χ4n) is 2.53. The monoisotopic (exact) mass is 512 g/mol. The molecule has 0 spiro atoms. The normalized spacial score (nSPS) is 10.9. The van der Waals surface area contributed by atoms with Crippen LogP contribution in [0.25, 0.3) is 11.5 Å². The molecule has 3 aromatic rings. The van der Waals surface area contributed by atoms with Gasteiger partial charge in [-0.2, -0.15) is 0 Å². The van der Waals surface area contributed by atoms with Crippen LogP contribution in [-0.2, 0) is 6.42 Å². The van der Waals surface area contributed by atoms with Gasteiger partial charge in [0, 0.05) is 24.6 Å². The molecule has 0 unspecified atom stereocenters. The second-order valence-electron chi connectivity index (χ2n) is 5.86. The summed E-state index contributed by atoms with van der Waals surface area (Å²) < 4.78 is 28.9. The number of benzene rings is 2. The van der Waals surface area contributed by atoms with E-state index in [1.807, 2.05) is 0 Å². The molecule has 0 bridgehead atoms. The van der Waals surface area contributed by atoms with Crippen molar-refractivity contribution in [3.05, 3.63) is 60.2 Å². The standard InChI is InChI=1S/C20H21FN4O3.HI/c1-26-16-7-8-18(27-2)17(11-16)25-20(22)23-10-9-15-12-28-19(24-15)13-3-5-14(21)6-4-13;/h3-8,11-12H,9-10H2,1-2H3,(H3,22,23,25);1H. The summed E-state index contributed by atoms with van der Waals surface area (Å²) in [5, 5.41) is 3.00. The van der Waals surface area contributed by atoms with Gasteiger partial charge in [-0.05, 0) is 36.4 Å². The van der Waals surface area contributed by atoms with Gasteiger partial charge in [-0.25, -0.2) is 9.37 Å². The van der Waals surface area contributed by atoms with E-state index >= 15 is 0 Å². The molecule has 1 heterocycles. The highest BCUT2D eigenvalue weighted by Gasteiger charge is 2.08. The number of halogens is 2. The van der Waals surface area contributed by atoms with E-state index in [4.69, 9.17) is 19.6 Å². The van der Waals surface area contributed by atoms with Gasteiger partial charge in [-0.1, -0.05) is 0 Å². The SMILES string of the molecule is COc1ccc(OC)c(NC(N)=NCCc2coc(-c3ccc(F)cc3)n2)c1.I. The summed E-state index contributed by atoms with van der Waals surface area (Å²) >= 11 is 0. The van der Waals surface area contributed by atoms with E-state index in [0.717, 1.165) is 5.69 Å². The van der Waals surface area contributed by atoms with E-state index in [2.05, 4.69) is 15.3 Å². The molecule has 2 aromatic carbocycles. The second kappa shape index (κ2) is 10.6. The third-order valence-electron chi connectivity index (χ3n) is 3.96. The van der Waals surface area contributed by atoms with Crippen molar-refractivity contribution < 1.29 is 18.3 Å². The molecule has 0 atom stereocenters. The highest BCUT2D eigenvalue weighted by atomic mass is 127. The lowest BCUT2D eigenvalue weighted by molar-refractivity contribution is 0.405. The van der Waals surface area contributed by atoms with Gasteiger partial charge >= 0.3 is 0 Å². The number of aliphatic imine (C=N–C) groups is 1. The van der Waals surface area contributed by atoms with Crippen LogP contribution >= 0.6 is 24.0 Å². The lowest BCUT2D eigenvalue weighted by atomic mass is 10.2. The van der Waals surface area contributed by atoms with Crippen LogP contribution in [0, 0.1) is 5.82 Å². The molecule has 1 aromatic heterocycles. The minimum absolute atomic E-state index is 0. The number of ether oxygens (including phenoxy) is 2. The van der Waals surface area contributed by atoms with Gasteiger partial charge < -0.3 is 24.9 Å². The number of methoxy groups -OCH3 is 2. The molecule has 0 amide bonds. The maximum Gasteiger partial charge on any atom is 0.226 e. The van der Waals surface area contributed by atoms with Crippen molar-refractivity contribution in [3.8, 4) is 23.0 Å². The Balaban J connectivity index is 0.00000300. The Morgan fingerprint density at radius 1 is 1.17 bits per heavy atom. The molecule has 3 N–H and O–H groups in total. The van der Waals surface area contributed by atoms with Gasteiger partial charge in [0.1, 0.15) is 23.6 Å². The Bertz CT molecular complexity index is 961. The summed E-state index contributed by atoms with van der Waals surface area (Å²) in [5.41, 5.74) is 8.06. The number of hydrogen-bond acceptors (Lipinski definition) is 5. The summed E-state index contributed by atoms with van der Waals surface area (Å²) in [6.45, 7) is 0.417. The minimum atomic E-state index is -0.305. The number of nitrogens with zero attached hydrogens (tertiary/aromatic N) is 2. The quantitative estimate of drug-likeness (QED) is 0.282. The van der Waals surface area contributed by atoms with Crippen LogP contribution in [0.3, 0.4) is 0 Å². The summed E-state index contributed by atoms with van der Waals surface area (Å²) in [4.78, 5) is 8.68. The fourth-order valence-corrected chi connectivity index (χ4v) is 2.53. The molecule has 0 radical (unpaired) electrons. The van der Waals surface area contributed by atoms with Gasteiger partial charge in [0.25, 0.3) is 0 Å². The molecule has 9 heteroatoms. The molecular formula is C20H22FIN4O3. The average Bonchev–Trinajstić information content (AvgIpc) is 3.17. The Hall–Kier alpha value is -2.82. The van der Waals surface area contributed by atoms with Crippen LogP contribution in [0.2, 0.25) is 0 Å². The Kier molecular flexibility index (Phi) is 8.25. The van der Waals surface area contributed by atoms with E-state index in [1.54, 1.807) is 50.8 Å². The molecule has 0 aliphatic carbocycles. The molecule has 154 valence electrons. The summed E-state index contributed by atoms with van der Waals surface area (Å²) in [6.07, 6.45) is 2.10. The summed E-state index contributed by atoms with van der Waals surface area (Å²) in [5.74, 6) is 1.67. The van der Waals surface area contributed by atoms with Crippen molar-refractivity contribution in [1.82, 2.24) is 4.98 Å². The second-order valence-corrected chi connectivity index (χ2v) is 5.86. The topological polar surface area (TPSA) is 94.9 Å². The Morgan fingerprint density at radius 2 is 1.93 bits per heavy atom. The first-order chi connectivity index (χ1) is 13.6. The van der Waals surface area contributed by atoms with Gasteiger partial charge in [-0.3, -0.25) is 4.99 Å². The van der Waals surface area contributed by atoms with Gasteiger partial charge in [0.2, 0.25) is 5.89 Å². The smallest absolute Gasteiger partial charge is 0.226 e. The molecule has 0 fully saturated rings. The first-order valence-electron chi connectivity index (χ1n) is 8.58. The maximum atomic E-state index is 13.0. The number of anilines is 1. The number of rotatable bonds is 7. The van der Waals surface area contributed by atoms with Crippen LogP contribution in [0.15, 0.2) is 58.1 Å². The van der Waals surface area contributed by atoms with Crippen molar-refractivity contribution in [2.24, 2.45) is 10.7 Å². The minimum Gasteiger partial charge on any atom is -0.497 e. The van der Waals surface area contributed by atoms with E-state index < -0.39 is 0 Å². The van der Waals surface area contributed by atoms with Crippen molar-refractivity contribution in [3.63, 3.8) is 0 Å². The molecule has 7 nitrogen and oxygen atoms in total. The van der Waals surface area contributed by atoms with Crippen molar-refractivity contribution >= 4 is 35.6 Å². The van der Waals surface area contributed by atoms with Crippen LogP contribution in [0.5, 0.6) is 11.5 Å². The van der Waals surface area contributed by atoms with Gasteiger partial charge in [0.15, 0.2) is 5.96 Å². The van der Waals surface area contributed by atoms with E-state index in [-0.39, 0.29) is 35.8 Å². The maximum absolute atomic E-state index is 13.0. The van der Waals surface area contributed by atoms with E-state index in [1.165, 1.54) is 12.1 Å². The number of guanidine groups is 1. The highest BCUT2D eigenvalue weighted by Crippen LogP contribution is 2.28. The van der Waals surface area contributed by atoms with E-state index in [9.17, 15) is 4.39 Å². The number of aromatic nitrogens is 1. The van der Waals surface area contributed by atoms with Crippen LogP contribution in [0.1, 0.15) is 5.69 Å². The largest absolute Gasteiger partial charge is 0.497 e. The number of nitrogens with one attached hydrogen (secondary N) is 1. The van der Waals surface area contributed by atoms with Crippen molar-refractivity contribution in [2.45, 2.75) is 6.42 Å². The Morgan fingerprint density at radius 3 is 2.62 bits per heavy atom. The van der Waals surface area contributed by atoms with Crippen LogP contribution < -0.4 is 20.5 Å². The van der Waals surface area contributed by atoms with Crippen LogP contribution in [0.4, 0.5) is 10.1 Å².